The van der Waals surface area contributed by atoms with E-state index in [9.17, 15) is 5.11 Å². The zero-order valence-corrected chi connectivity index (χ0v) is 10.4. The SMILES string of the molecule is COc1cccc(-c2nc3ncccc3cc2O)c1. The van der Waals surface area contributed by atoms with Crippen molar-refractivity contribution in [2.75, 3.05) is 7.11 Å². The summed E-state index contributed by atoms with van der Waals surface area (Å²) < 4.78 is 5.18. The van der Waals surface area contributed by atoms with Crippen LogP contribution in [0.5, 0.6) is 11.5 Å². The second-order valence-corrected chi connectivity index (χ2v) is 4.14. The molecule has 3 aromatic rings. The highest BCUT2D eigenvalue weighted by atomic mass is 16.5. The Labute approximate surface area is 110 Å². The molecule has 4 nitrogen and oxygen atoms in total. The van der Waals surface area contributed by atoms with Crippen LogP contribution in [0.25, 0.3) is 22.3 Å². The Morgan fingerprint density at radius 2 is 2.00 bits per heavy atom. The van der Waals surface area contributed by atoms with Gasteiger partial charge in [0.1, 0.15) is 17.2 Å². The molecule has 1 N–H and O–H groups in total. The fourth-order valence-electron chi connectivity index (χ4n) is 1.98. The number of hydrogen-bond donors (Lipinski definition) is 1. The smallest absolute Gasteiger partial charge is 0.160 e. The Morgan fingerprint density at radius 3 is 2.84 bits per heavy atom. The van der Waals surface area contributed by atoms with Gasteiger partial charge >= 0.3 is 0 Å². The molecule has 1 aromatic carbocycles. The van der Waals surface area contributed by atoms with E-state index in [1.54, 1.807) is 19.4 Å². The number of methoxy groups -OCH3 is 1. The molecule has 0 saturated carbocycles. The molecule has 2 aromatic heterocycles. The second kappa shape index (κ2) is 4.57. The van der Waals surface area contributed by atoms with Crippen molar-refractivity contribution in [1.82, 2.24) is 9.97 Å². The lowest BCUT2D eigenvalue weighted by atomic mass is 10.1. The molecular formula is C15H12N2O2. The molecule has 0 unspecified atom stereocenters. The molecule has 2 heterocycles. The summed E-state index contributed by atoms with van der Waals surface area (Å²) in [5.74, 6) is 0.855. The predicted molar refractivity (Wildman–Crippen MR) is 73.2 cm³/mol. The topological polar surface area (TPSA) is 55.2 Å². The lowest BCUT2D eigenvalue weighted by molar-refractivity contribution is 0.415. The zero-order chi connectivity index (χ0) is 13.2. The van der Waals surface area contributed by atoms with Gasteiger partial charge in [-0.1, -0.05) is 12.1 Å². The monoisotopic (exact) mass is 252 g/mol. The van der Waals surface area contributed by atoms with E-state index in [0.29, 0.717) is 11.3 Å². The number of rotatable bonds is 2. The van der Waals surface area contributed by atoms with E-state index in [-0.39, 0.29) is 5.75 Å². The average molecular weight is 252 g/mol. The van der Waals surface area contributed by atoms with Crippen molar-refractivity contribution in [3.8, 4) is 22.8 Å². The number of fused-ring (bicyclic) bond motifs is 1. The first kappa shape index (κ1) is 11.5. The van der Waals surface area contributed by atoms with Crippen LogP contribution >= 0.6 is 0 Å². The van der Waals surface area contributed by atoms with Gasteiger partial charge in [-0.25, -0.2) is 9.97 Å². The number of nitrogens with zero attached hydrogens (tertiary/aromatic N) is 2. The van der Waals surface area contributed by atoms with Gasteiger partial charge in [-0.3, -0.25) is 0 Å². The molecule has 0 saturated heterocycles. The van der Waals surface area contributed by atoms with Crippen LogP contribution in [-0.4, -0.2) is 22.2 Å². The Kier molecular flexibility index (Phi) is 2.76. The van der Waals surface area contributed by atoms with Gasteiger partial charge in [0.15, 0.2) is 5.65 Å². The summed E-state index contributed by atoms with van der Waals surface area (Å²) in [4.78, 5) is 8.60. The zero-order valence-electron chi connectivity index (χ0n) is 10.4. The first-order valence-corrected chi connectivity index (χ1v) is 5.87. The van der Waals surface area contributed by atoms with Gasteiger partial charge in [-0.05, 0) is 30.3 Å². The van der Waals surface area contributed by atoms with Crippen molar-refractivity contribution in [3.05, 3.63) is 48.7 Å². The highest BCUT2D eigenvalue weighted by molar-refractivity contribution is 5.82. The van der Waals surface area contributed by atoms with Gasteiger partial charge < -0.3 is 9.84 Å². The Bertz CT molecular complexity index is 741. The molecule has 0 bridgehead atoms. The molecule has 0 spiro atoms. The van der Waals surface area contributed by atoms with Crippen LogP contribution in [0.2, 0.25) is 0 Å². The van der Waals surface area contributed by atoms with E-state index in [1.807, 2.05) is 36.4 Å². The highest BCUT2D eigenvalue weighted by Gasteiger charge is 2.09. The van der Waals surface area contributed by atoms with Gasteiger partial charge in [0, 0.05) is 17.1 Å². The lowest BCUT2D eigenvalue weighted by Crippen LogP contribution is -1.90. The van der Waals surface area contributed by atoms with Gasteiger partial charge in [0.25, 0.3) is 0 Å². The third-order valence-electron chi connectivity index (χ3n) is 2.91. The fraction of sp³-hybridized carbons (Fsp3) is 0.0667. The van der Waals surface area contributed by atoms with E-state index in [2.05, 4.69) is 9.97 Å². The molecule has 94 valence electrons. The number of benzene rings is 1. The molecule has 0 amide bonds. The van der Waals surface area contributed by atoms with Crippen molar-refractivity contribution in [1.29, 1.82) is 0 Å². The molecule has 0 fully saturated rings. The summed E-state index contributed by atoms with van der Waals surface area (Å²) in [5.41, 5.74) is 1.91. The summed E-state index contributed by atoms with van der Waals surface area (Å²) in [6.07, 6.45) is 1.68. The highest BCUT2D eigenvalue weighted by Crippen LogP contribution is 2.31. The van der Waals surface area contributed by atoms with Crippen molar-refractivity contribution in [3.63, 3.8) is 0 Å². The molecule has 19 heavy (non-hydrogen) atoms. The molecule has 0 aliphatic rings. The van der Waals surface area contributed by atoms with Gasteiger partial charge in [-0.2, -0.15) is 0 Å². The summed E-state index contributed by atoms with van der Waals surface area (Å²) in [7, 11) is 1.61. The van der Waals surface area contributed by atoms with Crippen LogP contribution in [0.1, 0.15) is 0 Å². The number of aromatic nitrogens is 2. The van der Waals surface area contributed by atoms with Gasteiger partial charge in [-0.15, -0.1) is 0 Å². The number of pyridine rings is 2. The summed E-state index contributed by atoms with van der Waals surface area (Å²) in [5, 5.41) is 10.9. The normalized spacial score (nSPS) is 10.6. The maximum atomic E-state index is 10.1. The molecule has 0 atom stereocenters. The third-order valence-corrected chi connectivity index (χ3v) is 2.91. The van der Waals surface area contributed by atoms with Crippen molar-refractivity contribution in [2.45, 2.75) is 0 Å². The summed E-state index contributed by atoms with van der Waals surface area (Å²) in [6, 6.07) is 12.8. The van der Waals surface area contributed by atoms with E-state index < -0.39 is 0 Å². The van der Waals surface area contributed by atoms with Crippen LogP contribution in [0, 0.1) is 0 Å². The van der Waals surface area contributed by atoms with Gasteiger partial charge in [0.2, 0.25) is 0 Å². The average Bonchev–Trinajstić information content (AvgIpc) is 2.46. The Morgan fingerprint density at radius 1 is 1.11 bits per heavy atom. The van der Waals surface area contributed by atoms with Crippen LogP contribution in [-0.2, 0) is 0 Å². The fourth-order valence-corrected chi connectivity index (χ4v) is 1.98. The van der Waals surface area contributed by atoms with Crippen molar-refractivity contribution in [2.24, 2.45) is 0 Å². The number of hydrogen-bond acceptors (Lipinski definition) is 4. The first-order chi connectivity index (χ1) is 9.28. The Balaban J connectivity index is 2.20. The maximum absolute atomic E-state index is 10.1. The van der Waals surface area contributed by atoms with E-state index in [4.69, 9.17) is 4.74 Å². The van der Waals surface area contributed by atoms with Crippen LogP contribution in [0.15, 0.2) is 48.7 Å². The largest absolute Gasteiger partial charge is 0.506 e. The third kappa shape index (κ3) is 2.08. The molecular weight excluding hydrogens is 240 g/mol. The standard InChI is InChI=1S/C15H12N2O2/c1-19-12-6-2-4-10(8-12)14-13(18)9-11-5-3-7-16-15(11)17-14/h2-9,18H,1H3. The minimum absolute atomic E-state index is 0.133. The number of ether oxygens (including phenoxy) is 1. The molecule has 0 aliphatic heterocycles. The molecule has 3 rings (SSSR count). The van der Waals surface area contributed by atoms with Crippen LogP contribution in [0.3, 0.4) is 0 Å². The van der Waals surface area contributed by atoms with Crippen LogP contribution in [0.4, 0.5) is 0 Å². The second-order valence-electron chi connectivity index (χ2n) is 4.14. The quantitative estimate of drug-likeness (QED) is 0.761. The predicted octanol–water partition coefficient (Wildman–Crippen LogP) is 3.01. The first-order valence-electron chi connectivity index (χ1n) is 5.87. The molecule has 0 aliphatic carbocycles. The van der Waals surface area contributed by atoms with Crippen molar-refractivity contribution >= 4 is 11.0 Å². The Hall–Kier alpha value is -2.62. The summed E-state index contributed by atoms with van der Waals surface area (Å²) in [6.45, 7) is 0. The minimum atomic E-state index is 0.133. The van der Waals surface area contributed by atoms with Gasteiger partial charge in [0.05, 0.1) is 7.11 Å². The lowest BCUT2D eigenvalue weighted by Gasteiger charge is -2.07. The minimum Gasteiger partial charge on any atom is -0.506 e. The van der Waals surface area contributed by atoms with E-state index in [1.165, 1.54) is 0 Å². The van der Waals surface area contributed by atoms with Crippen molar-refractivity contribution < 1.29 is 9.84 Å². The molecule has 4 heteroatoms. The molecule has 0 radical (unpaired) electrons. The number of aromatic hydroxyl groups is 1. The summed E-state index contributed by atoms with van der Waals surface area (Å²) >= 11 is 0. The van der Waals surface area contributed by atoms with Crippen LogP contribution < -0.4 is 4.74 Å². The maximum Gasteiger partial charge on any atom is 0.160 e. The van der Waals surface area contributed by atoms with E-state index >= 15 is 0 Å². The van der Waals surface area contributed by atoms with E-state index in [0.717, 1.165) is 16.7 Å².